The van der Waals surface area contributed by atoms with Crippen LogP contribution >= 0.6 is 0 Å². The highest BCUT2D eigenvalue weighted by Gasteiger charge is 2.28. The monoisotopic (exact) mass is 450 g/mol. The topological polar surface area (TPSA) is 40.8 Å². The molecule has 174 valence electrons. The van der Waals surface area contributed by atoms with Crippen molar-refractivity contribution in [1.29, 1.82) is 0 Å². The highest BCUT2D eigenvalue weighted by molar-refractivity contribution is 5.94. The fourth-order valence-electron chi connectivity index (χ4n) is 5.67. The molecular formula is C31H34N2O. The van der Waals surface area contributed by atoms with Crippen LogP contribution in [-0.2, 0) is 12.8 Å². The van der Waals surface area contributed by atoms with Crippen LogP contribution < -0.4 is 4.74 Å². The van der Waals surface area contributed by atoms with Crippen molar-refractivity contribution in [3.8, 4) is 5.75 Å². The van der Waals surface area contributed by atoms with E-state index in [9.17, 15) is 0 Å². The zero-order chi connectivity index (χ0) is 23.8. The van der Waals surface area contributed by atoms with Crippen LogP contribution in [-0.4, -0.2) is 16.6 Å². The summed E-state index contributed by atoms with van der Waals surface area (Å²) in [4.78, 5) is 7.41. The number of H-pyrrole nitrogens is 2. The van der Waals surface area contributed by atoms with Crippen LogP contribution in [0.2, 0.25) is 0 Å². The molecule has 0 amide bonds. The van der Waals surface area contributed by atoms with Crippen molar-refractivity contribution >= 4 is 21.8 Å². The van der Waals surface area contributed by atoms with Crippen LogP contribution in [0.5, 0.6) is 5.75 Å². The quantitative estimate of drug-likeness (QED) is 0.259. The summed E-state index contributed by atoms with van der Waals surface area (Å²) in [6.45, 7) is 11.6. The van der Waals surface area contributed by atoms with Crippen LogP contribution in [0.25, 0.3) is 21.8 Å². The molecule has 0 radical (unpaired) electrons. The molecule has 5 aromatic rings. The van der Waals surface area contributed by atoms with Crippen molar-refractivity contribution in [3.05, 3.63) is 99.9 Å². The van der Waals surface area contributed by atoms with E-state index in [2.05, 4.69) is 98.3 Å². The fourth-order valence-corrected chi connectivity index (χ4v) is 5.67. The van der Waals surface area contributed by atoms with Crippen molar-refractivity contribution in [2.75, 3.05) is 6.61 Å². The van der Waals surface area contributed by atoms with E-state index < -0.39 is 0 Å². The van der Waals surface area contributed by atoms with Gasteiger partial charge in [0.25, 0.3) is 0 Å². The van der Waals surface area contributed by atoms with E-state index in [-0.39, 0.29) is 5.92 Å². The minimum Gasteiger partial charge on any atom is -0.494 e. The number of hydrogen-bond donors (Lipinski definition) is 2. The highest BCUT2D eigenvalue weighted by atomic mass is 16.5. The van der Waals surface area contributed by atoms with Gasteiger partial charge in [-0.1, -0.05) is 50.2 Å². The smallest absolute Gasteiger partial charge is 0.119 e. The van der Waals surface area contributed by atoms with E-state index in [4.69, 9.17) is 4.74 Å². The van der Waals surface area contributed by atoms with Gasteiger partial charge in [-0.2, -0.15) is 0 Å². The summed E-state index contributed by atoms with van der Waals surface area (Å²) >= 11 is 0. The summed E-state index contributed by atoms with van der Waals surface area (Å²) in [6, 6.07) is 22.0. The Morgan fingerprint density at radius 1 is 0.676 bits per heavy atom. The lowest BCUT2D eigenvalue weighted by Gasteiger charge is -2.22. The molecule has 0 spiro atoms. The summed E-state index contributed by atoms with van der Waals surface area (Å²) in [5.74, 6) is 1.03. The van der Waals surface area contributed by atoms with E-state index in [1.165, 1.54) is 61.0 Å². The first-order valence-electron chi connectivity index (χ1n) is 12.5. The second-order valence-corrected chi connectivity index (χ2v) is 9.15. The molecule has 3 nitrogen and oxygen atoms in total. The molecule has 0 atom stereocenters. The van der Waals surface area contributed by atoms with Gasteiger partial charge < -0.3 is 14.7 Å². The van der Waals surface area contributed by atoms with Gasteiger partial charge in [-0.05, 0) is 85.7 Å². The molecule has 0 fully saturated rings. The third kappa shape index (κ3) is 3.60. The first-order valence-corrected chi connectivity index (χ1v) is 12.5. The van der Waals surface area contributed by atoms with Crippen molar-refractivity contribution in [2.24, 2.45) is 0 Å². The maximum absolute atomic E-state index is 5.77. The Labute approximate surface area is 202 Å². The Balaban J connectivity index is 1.86. The van der Waals surface area contributed by atoms with E-state index in [1.54, 1.807) is 0 Å². The largest absolute Gasteiger partial charge is 0.494 e. The fraction of sp³-hybridized carbons (Fsp3) is 0.290. The Morgan fingerprint density at radius 3 is 1.62 bits per heavy atom. The molecule has 0 saturated heterocycles. The second-order valence-electron chi connectivity index (χ2n) is 9.15. The number of hydrogen-bond acceptors (Lipinski definition) is 1. The van der Waals surface area contributed by atoms with Gasteiger partial charge in [0.05, 0.1) is 6.61 Å². The van der Waals surface area contributed by atoms with Crippen molar-refractivity contribution in [2.45, 2.75) is 53.4 Å². The molecule has 3 heteroatoms. The molecule has 0 bridgehead atoms. The van der Waals surface area contributed by atoms with Gasteiger partial charge >= 0.3 is 0 Å². The Kier molecular flexibility index (Phi) is 5.95. The number of aromatic amines is 2. The summed E-state index contributed by atoms with van der Waals surface area (Å²) in [5, 5.41) is 2.73. The minimum atomic E-state index is 0.110. The Morgan fingerprint density at radius 2 is 1.18 bits per heavy atom. The molecule has 0 aliphatic carbocycles. The summed E-state index contributed by atoms with van der Waals surface area (Å²) in [7, 11) is 0. The predicted molar refractivity (Wildman–Crippen MR) is 143 cm³/mol. The number of aryl methyl sites for hydroxylation is 4. The van der Waals surface area contributed by atoms with Gasteiger partial charge in [0.1, 0.15) is 5.75 Å². The van der Waals surface area contributed by atoms with Crippen LogP contribution in [0, 0.1) is 13.8 Å². The number of fused-ring (bicyclic) bond motifs is 2. The number of rotatable bonds is 7. The van der Waals surface area contributed by atoms with Gasteiger partial charge in [0.2, 0.25) is 0 Å². The molecule has 0 unspecified atom stereocenters. The third-order valence-electron chi connectivity index (χ3n) is 7.16. The van der Waals surface area contributed by atoms with Crippen molar-refractivity contribution in [3.63, 3.8) is 0 Å². The maximum Gasteiger partial charge on any atom is 0.119 e. The number of ether oxygens (including phenoxy) is 1. The first kappa shape index (κ1) is 22.3. The van der Waals surface area contributed by atoms with Gasteiger partial charge in [-0.15, -0.1) is 0 Å². The normalized spacial score (nSPS) is 11.7. The molecule has 0 aliphatic heterocycles. The minimum absolute atomic E-state index is 0.110. The van der Waals surface area contributed by atoms with Crippen LogP contribution in [0.4, 0.5) is 0 Å². The predicted octanol–water partition coefficient (Wildman–Crippen LogP) is 7.97. The highest BCUT2D eigenvalue weighted by Crippen LogP contribution is 2.44. The number of nitrogens with one attached hydrogen (secondary N) is 2. The van der Waals surface area contributed by atoms with Crippen molar-refractivity contribution in [1.82, 2.24) is 9.97 Å². The molecular weight excluding hydrogens is 416 g/mol. The summed E-state index contributed by atoms with van der Waals surface area (Å²) in [5.41, 5.74) is 11.7. The van der Waals surface area contributed by atoms with Gasteiger partial charge in [-0.25, -0.2) is 0 Å². The molecule has 5 rings (SSSR count). The lowest BCUT2D eigenvalue weighted by Crippen LogP contribution is -2.07. The van der Waals surface area contributed by atoms with Gasteiger partial charge in [0, 0.05) is 39.1 Å². The molecule has 34 heavy (non-hydrogen) atoms. The average molecular weight is 451 g/mol. The zero-order valence-electron chi connectivity index (χ0n) is 20.9. The molecule has 3 aromatic carbocycles. The standard InChI is InChI=1S/C31H34N2O/c1-6-21-11-9-13-25-29(21)27(19(4)32-25)31(23-15-17-24(18-16-23)34-8-3)28-20(5)33-26-14-10-12-22(7-2)30(26)28/h9-18,31-33H,6-8H2,1-5H3. The lowest BCUT2D eigenvalue weighted by atomic mass is 9.80. The Bertz CT molecular complexity index is 1360. The zero-order valence-corrected chi connectivity index (χ0v) is 20.9. The van der Waals surface area contributed by atoms with Crippen LogP contribution in [0.1, 0.15) is 65.9 Å². The second kappa shape index (κ2) is 9.06. The Hall–Kier alpha value is -3.46. The molecule has 0 aliphatic rings. The van der Waals surface area contributed by atoms with E-state index in [0.717, 1.165) is 18.6 Å². The summed E-state index contributed by atoms with van der Waals surface area (Å²) in [6.07, 6.45) is 2.01. The third-order valence-corrected chi connectivity index (χ3v) is 7.16. The maximum atomic E-state index is 5.77. The SMILES string of the molecule is CCOc1ccc(C(c2c(C)[nH]c3cccc(CC)c23)c2c(C)[nH]c3cccc(CC)c23)cc1. The average Bonchev–Trinajstić information content (AvgIpc) is 3.36. The first-order chi connectivity index (χ1) is 16.6. The van der Waals surface area contributed by atoms with Crippen molar-refractivity contribution < 1.29 is 4.74 Å². The number of benzene rings is 3. The van der Waals surface area contributed by atoms with Crippen LogP contribution in [0.15, 0.2) is 60.7 Å². The summed E-state index contributed by atoms with van der Waals surface area (Å²) < 4.78 is 5.77. The lowest BCUT2D eigenvalue weighted by molar-refractivity contribution is 0.340. The van der Waals surface area contributed by atoms with E-state index in [0.29, 0.717) is 6.61 Å². The van der Waals surface area contributed by atoms with Gasteiger partial charge in [0.15, 0.2) is 0 Å². The molecule has 2 aromatic heterocycles. The molecule has 2 N–H and O–H groups in total. The van der Waals surface area contributed by atoms with Crippen LogP contribution in [0.3, 0.4) is 0 Å². The van der Waals surface area contributed by atoms with E-state index >= 15 is 0 Å². The number of aromatic nitrogens is 2. The molecule has 0 saturated carbocycles. The van der Waals surface area contributed by atoms with Gasteiger partial charge in [-0.3, -0.25) is 0 Å². The van der Waals surface area contributed by atoms with E-state index in [1.807, 2.05) is 6.92 Å². The molecule has 2 heterocycles.